The Balaban J connectivity index is 0. The van der Waals surface area contributed by atoms with Gasteiger partial charge in [-0.3, -0.25) is 9.59 Å². The van der Waals surface area contributed by atoms with Crippen LogP contribution >= 0.6 is 0 Å². The standard InChI is InChI=1S/C10H19NO.C8H15NO.2C4H10/c1-10(2,3)9(12)8-6-4-5-7-11-8;1-8(2,3)7(10)6-4-5-9-6;2*1-4(2)3/h8,11H,4-7H2,1-3H3;6,9H,4-5H2,1-3H3;2*4H,1-3H3. The van der Waals surface area contributed by atoms with Crippen LogP contribution in [0.5, 0.6) is 0 Å². The van der Waals surface area contributed by atoms with Gasteiger partial charge in [-0.15, -0.1) is 0 Å². The summed E-state index contributed by atoms with van der Waals surface area (Å²) in [5.41, 5.74) is -0.354. The Bertz CT molecular complexity index is 449. The second-order valence-corrected chi connectivity index (χ2v) is 12.0. The van der Waals surface area contributed by atoms with Crippen LogP contribution in [0.2, 0.25) is 0 Å². The lowest BCUT2D eigenvalue weighted by atomic mass is 9.83. The smallest absolute Gasteiger partial charge is 0.155 e. The number of hydrogen-bond donors (Lipinski definition) is 2. The molecule has 0 bridgehead atoms. The SMILES string of the molecule is CC(C)(C)C(=O)C1CCCCN1.CC(C)(C)C(=O)C1CCN1.CC(C)C.CC(C)C. The van der Waals surface area contributed by atoms with E-state index in [1.165, 1.54) is 12.8 Å². The summed E-state index contributed by atoms with van der Waals surface area (Å²) in [6.07, 6.45) is 4.46. The molecule has 30 heavy (non-hydrogen) atoms. The number of ketones is 2. The zero-order valence-corrected chi connectivity index (χ0v) is 22.4. The van der Waals surface area contributed by atoms with Crippen LogP contribution in [0, 0.1) is 22.7 Å². The molecule has 0 aromatic carbocycles. The van der Waals surface area contributed by atoms with Crippen LogP contribution < -0.4 is 10.6 Å². The van der Waals surface area contributed by atoms with Gasteiger partial charge in [0.2, 0.25) is 0 Å². The summed E-state index contributed by atoms with van der Waals surface area (Å²) >= 11 is 0. The van der Waals surface area contributed by atoms with Gasteiger partial charge in [0.25, 0.3) is 0 Å². The highest BCUT2D eigenvalue weighted by Gasteiger charge is 2.32. The van der Waals surface area contributed by atoms with Crippen LogP contribution in [0.15, 0.2) is 0 Å². The van der Waals surface area contributed by atoms with E-state index in [1.54, 1.807) is 0 Å². The molecular formula is C26H54N2O2. The molecule has 0 amide bonds. The Kier molecular flexibility index (Phi) is 15.9. The minimum absolute atomic E-state index is 0.124. The summed E-state index contributed by atoms with van der Waals surface area (Å²) < 4.78 is 0. The number of Topliss-reactive ketones (excluding diaryl/α,β-unsaturated/α-hetero) is 2. The van der Waals surface area contributed by atoms with E-state index in [1.807, 2.05) is 41.5 Å². The molecule has 2 fully saturated rings. The van der Waals surface area contributed by atoms with Crippen molar-refractivity contribution < 1.29 is 9.59 Å². The van der Waals surface area contributed by atoms with Crippen molar-refractivity contribution in [3.63, 3.8) is 0 Å². The highest BCUT2D eigenvalue weighted by Crippen LogP contribution is 2.21. The Morgan fingerprint density at radius 1 is 0.633 bits per heavy atom. The fourth-order valence-electron chi connectivity index (χ4n) is 2.63. The molecule has 0 saturated carbocycles. The maximum atomic E-state index is 11.8. The maximum Gasteiger partial charge on any atom is 0.155 e. The van der Waals surface area contributed by atoms with Crippen molar-refractivity contribution in [3.8, 4) is 0 Å². The minimum Gasteiger partial charge on any atom is -0.307 e. The lowest BCUT2D eigenvalue weighted by Gasteiger charge is -2.31. The van der Waals surface area contributed by atoms with E-state index in [4.69, 9.17) is 0 Å². The molecule has 2 rings (SSSR count). The third kappa shape index (κ3) is 17.0. The second-order valence-electron chi connectivity index (χ2n) is 12.0. The largest absolute Gasteiger partial charge is 0.307 e. The molecule has 4 nitrogen and oxygen atoms in total. The number of carbonyl (C=O) groups is 2. The van der Waals surface area contributed by atoms with Crippen LogP contribution in [0.1, 0.15) is 109 Å². The summed E-state index contributed by atoms with van der Waals surface area (Å²) in [6.45, 7) is 26.9. The van der Waals surface area contributed by atoms with E-state index in [9.17, 15) is 9.59 Å². The maximum absolute atomic E-state index is 11.8. The lowest BCUT2D eigenvalue weighted by molar-refractivity contribution is -0.130. The van der Waals surface area contributed by atoms with Gasteiger partial charge in [-0.05, 0) is 44.2 Å². The van der Waals surface area contributed by atoms with Gasteiger partial charge < -0.3 is 10.6 Å². The Hall–Kier alpha value is -0.740. The van der Waals surface area contributed by atoms with E-state index in [-0.39, 0.29) is 22.9 Å². The van der Waals surface area contributed by atoms with Crippen molar-refractivity contribution in [3.05, 3.63) is 0 Å². The van der Waals surface area contributed by atoms with Crippen LogP contribution in [0.25, 0.3) is 0 Å². The molecular weight excluding hydrogens is 372 g/mol. The van der Waals surface area contributed by atoms with E-state index in [0.29, 0.717) is 11.6 Å². The average Bonchev–Trinajstić information content (AvgIpc) is 2.51. The second kappa shape index (κ2) is 15.1. The Labute approximate surface area is 188 Å². The molecule has 2 unspecified atom stereocenters. The molecule has 0 spiro atoms. The van der Waals surface area contributed by atoms with Gasteiger partial charge in [0.05, 0.1) is 12.1 Å². The molecule has 4 heteroatoms. The highest BCUT2D eigenvalue weighted by molar-refractivity contribution is 5.89. The van der Waals surface area contributed by atoms with Crippen molar-refractivity contribution in [1.29, 1.82) is 0 Å². The summed E-state index contributed by atoms with van der Waals surface area (Å²) in [5.74, 6) is 2.38. The zero-order valence-electron chi connectivity index (χ0n) is 22.4. The van der Waals surface area contributed by atoms with Crippen molar-refractivity contribution in [1.82, 2.24) is 10.6 Å². The summed E-state index contributed by atoms with van der Waals surface area (Å²) in [4.78, 5) is 23.1. The van der Waals surface area contributed by atoms with Gasteiger partial charge in [-0.1, -0.05) is 89.5 Å². The number of rotatable bonds is 2. The zero-order chi connectivity index (χ0) is 24.1. The normalized spacial score (nSPS) is 21.1. The van der Waals surface area contributed by atoms with Crippen LogP contribution in [0.3, 0.4) is 0 Å². The van der Waals surface area contributed by atoms with E-state index >= 15 is 0 Å². The van der Waals surface area contributed by atoms with E-state index in [0.717, 1.165) is 37.8 Å². The van der Waals surface area contributed by atoms with Crippen LogP contribution in [0.4, 0.5) is 0 Å². The quantitative estimate of drug-likeness (QED) is 0.566. The van der Waals surface area contributed by atoms with Crippen molar-refractivity contribution >= 4 is 11.6 Å². The summed E-state index contributed by atoms with van der Waals surface area (Å²) in [6, 6.07) is 0.277. The van der Waals surface area contributed by atoms with Gasteiger partial charge in [0, 0.05) is 10.8 Å². The first-order valence-corrected chi connectivity index (χ1v) is 12.1. The van der Waals surface area contributed by atoms with E-state index < -0.39 is 0 Å². The molecule has 2 atom stereocenters. The van der Waals surface area contributed by atoms with Crippen LogP contribution in [-0.4, -0.2) is 36.7 Å². The van der Waals surface area contributed by atoms with Gasteiger partial charge in [-0.25, -0.2) is 0 Å². The molecule has 2 aliphatic heterocycles. The summed E-state index contributed by atoms with van der Waals surface area (Å²) in [5, 5.41) is 6.38. The molecule has 0 aromatic rings. The average molecular weight is 427 g/mol. The van der Waals surface area contributed by atoms with Crippen LogP contribution in [-0.2, 0) is 9.59 Å². The van der Waals surface area contributed by atoms with E-state index in [2.05, 4.69) is 52.2 Å². The number of nitrogens with one attached hydrogen (secondary N) is 2. The number of carbonyl (C=O) groups excluding carboxylic acids is 2. The number of piperidine rings is 1. The molecule has 2 aliphatic rings. The molecule has 180 valence electrons. The molecule has 2 N–H and O–H groups in total. The monoisotopic (exact) mass is 426 g/mol. The lowest BCUT2D eigenvalue weighted by Crippen LogP contribution is -2.52. The van der Waals surface area contributed by atoms with Crippen molar-refractivity contribution in [2.24, 2.45) is 22.7 Å². The fraction of sp³-hybridized carbons (Fsp3) is 0.923. The Morgan fingerprint density at radius 3 is 1.13 bits per heavy atom. The third-order valence-electron chi connectivity index (χ3n) is 4.25. The fourth-order valence-corrected chi connectivity index (χ4v) is 2.63. The molecule has 2 saturated heterocycles. The highest BCUT2D eigenvalue weighted by atomic mass is 16.1. The van der Waals surface area contributed by atoms with Gasteiger partial charge in [0.1, 0.15) is 0 Å². The van der Waals surface area contributed by atoms with Gasteiger partial charge in [0.15, 0.2) is 11.6 Å². The predicted molar refractivity (Wildman–Crippen MR) is 132 cm³/mol. The summed E-state index contributed by atoms with van der Waals surface area (Å²) in [7, 11) is 0. The topological polar surface area (TPSA) is 58.2 Å². The predicted octanol–water partition coefficient (Wildman–Crippen LogP) is 6.03. The minimum atomic E-state index is -0.186. The third-order valence-corrected chi connectivity index (χ3v) is 4.25. The first-order chi connectivity index (χ1) is 13.5. The first kappa shape index (κ1) is 31.4. The Morgan fingerprint density at radius 2 is 0.933 bits per heavy atom. The number of hydrogen-bond acceptors (Lipinski definition) is 4. The first-order valence-electron chi connectivity index (χ1n) is 12.1. The van der Waals surface area contributed by atoms with Gasteiger partial charge in [-0.2, -0.15) is 0 Å². The van der Waals surface area contributed by atoms with Crippen molar-refractivity contribution in [2.75, 3.05) is 13.1 Å². The van der Waals surface area contributed by atoms with Gasteiger partial charge >= 0.3 is 0 Å². The molecule has 0 aromatic heterocycles. The van der Waals surface area contributed by atoms with Crippen molar-refractivity contribution in [2.45, 2.75) is 121 Å². The molecule has 0 aliphatic carbocycles. The molecule has 2 heterocycles. The molecule has 0 radical (unpaired) electrons.